The lowest BCUT2D eigenvalue weighted by atomic mass is 10.2. The van der Waals surface area contributed by atoms with Crippen molar-refractivity contribution in [1.29, 1.82) is 0 Å². The van der Waals surface area contributed by atoms with Crippen LogP contribution in [0.1, 0.15) is 20.8 Å². The third kappa shape index (κ3) is 3.65. The highest BCUT2D eigenvalue weighted by molar-refractivity contribution is 7.91. The molecule has 1 fully saturated rings. The lowest BCUT2D eigenvalue weighted by molar-refractivity contribution is -0.130. The van der Waals surface area contributed by atoms with Crippen molar-refractivity contribution in [3.63, 3.8) is 0 Å². The van der Waals surface area contributed by atoms with Crippen LogP contribution in [0.25, 0.3) is 10.2 Å². The van der Waals surface area contributed by atoms with Crippen molar-refractivity contribution in [2.75, 3.05) is 19.6 Å². The molecule has 1 aromatic heterocycles. The second-order valence-electron chi connectivity index (χ2n) is 6.82. The van der Waals surface area contributed by atoms with Gasteiger partial charge in [0.25, 0.3) is 15.9 Å². The minimum absolute atomic E-state index is 0.0742. The molecule has 2 heterocycles. The Labute approximate surface area is 155 Å². The Morgan fingerprint density at radius 2 is 1.92 bits per heavy atom. The third-order valence-electron chi connectivity index (χ3n) is 3.61. The first-order chi connectivity index (χ1) is 12.1. The van der Waals surface area contributed by atoms with Crippen LogP contribution in [-0.4, -0.2) is 59.8 Å². The largest absolute Gasteiger partial charge is 0.444 e. The SMILES string of the molecule is CC(C)(C)OC(=O)N1CCN(S(=O)(=O)c2nc3ccccc3s2)C(=O)C1. The standard InChI is InChI=1S/C16H19N3O5S2/c1-16(2,3)24-15(21)18-8-9-19(13(20)10-18)26(22,23)14-17-11-6-4-5-7-12(11)25-14/h4-7H,8-10H2,1-3H3. The minimum Gasteiger partial charge on any atom is -0.444 e. The molecule has 0 saturated carbocycles. The molecule has 0 unspecified atom stereocenters. The predicted molar refractivity (Wildman–Crippen MR) is 96.3 cm³/mol. The highest BCUT2D eigenvalue weighted by Gasteiger charge is 2.38. The molecule has 26 heavy (non-hydrogen) atoms. The van der Waals surface area contributed by atoms with Gasteiger partial charge in [0, 0.05) is 6.54 Å². The fourth-order valence-corrected chi connectivity index (χ4v) is 5.16. The number of amides is 2. The van der Waals surface area contributed by atoms with Crippen LogP contribution in [0, 0.1) is 0 Å². The number of hydrogen-bond donors (Lipinski definition) is 0. The maximum atomic E-state index is 12.8. The highest BCUT2D eigenvalue weighted by Crippen LogP contribution is 2.28. The van der Waals surface area contributed by atoms with E-state index >= 15 is 0 Å². The Balaban J connectivity index is 1.78. The van der Waals surface area contributed by atoms with Crippen LogP contribution >= 0.6 is 11.3 Å². The van der Waals surface area contributed by atoms with Crippen molar-refractivity contribution in [3.05, 3.63) is 24.3 Å². The summed E-state index contributed by atoms with van der Waals surface area (Å²) in [6.45, 7) is 4.77. The van der Waals surface area contributed by atoms with Crippen LogP contribution in [0.4, 0.5) is 4.79 Å². The molecule has 0 atom stereocenters. The first kappa shape index (κ1) is 18.6. The number of ether oxygens (including phenoxy) is 1. The summed E-state index contributed by atoms with van der Waals surface area (Å²) in [7, 11) is -4.04. The van der Waals surface area contributed by atoms with Gasteiger partial charge < -0.3 is 4.74 Å². The Morgan fingerprint density at radius 1 is 1.23 bits per heavy atom. The Kier molecular flexibility index (Phi) is 4.65. The van der Waals surface area contributed by atoms with Crippen molar-refractivity contribution < 1.29 is 22.7 Å². The molecule has 2 aromatic rings. The van der Waals surface area contributed by atoms with Gasteiger partial charge in [-0.3, -0.25) is 9.69 Å². The number of carbonyl (C=O) groups is 2. The van der Waals surface area contributed by atoms with E-state index in [1.807, 2.05) is 0 Å². The lowest BCUT2D eigenvalue weighted by Crippen LogP contribution is -2.54. The van der Waals surface area contributed by atoms with Crippen LogP contribution in [0.5, 0.6) is 0 Å². The number of thiazole rings is 1. The van der Waals surface area contributed by atoms with E-state index in [2.05, 4.69) is 4.98 Å². The van der Waals surface area contributed by atoms with Crippen LogP contribution < -0.4 is 0 Å². The summed E-state index contributed by atoms with van der Waals surface area (Å²) < 4.78 is 32.2. The first-order valence-electron chi connectivity index (χ1n) is 7.97. The van der Waals surface area contributed by atoms with Gasteiger partial charge >= 0.3 is 6.09 Å². The molecule has 0 radical (unpaired) electrons. The third-order valence-corrected chi connectivity index (χ3v) is 6.83. The second-order valence-corrected chi connectivity index (χ2v) is 9.89. The van der Waals surface area contributed by atoms with E-state index in [1.165, 1.54) is 4.90 Å². The molecule has 0 spiro atoms. The predicted octanol–water partition coefficient (Wildman–Crippen LogP) is 2.06. The molecular formula is C16H19N3O5S2. The first-order valence-corrected chi connectivity index (χ1v) is 10.2. The molecular weight excluding hydrogens is 378 g/mol. The fraction of sp³-hybridized carbons (Fsp3) is 0.438. The number of rotatable bonds is 2. The normalized spacial score (nSPS) is 16.2. The zero-order valence-corrected chi connectivity index (χ0v) is 16.3. The smallest absolute Gasteiger partial charge is 0.410 e. The number of carbonyl (C=O) groups excluding carboxylic acids is 2. The number of fused-ring (bicyclic) bond motifs is 1. The number of piperazine rings is 1. The van der Waals surface area contributed by atoms with E-state index in [-0.39, 0.29) is 24.0 Å². The van der Waals surface area contributed by atoms with Gasteiger partial charge in [-0.15, -0.1) is 11.3 Å². The van der Waals surface area contributed by atoms with E-state index in [4.69, 9.17) is 4.74 Å². The van der Waals surface area contributed by atoms with Gasteiger partial charge in [-0.1, -0.05) is 12.1 Å². The lowest BCUT2D eigenvalue weighted by Gasteiger charge is -2.34. The van der Waals surface area contributed by atoms with Gasteiger partial charge in [0.2, 0.25) is 4.34 Å². The molecule has 0 bridgehead atoms. The Bertz CT molecular complexity index is 929. The van der Waals surface area contributed by atoms with E-state index in [1.54, 1.807) is 45.0 Å². The van der Waals surface area contributed by atoms with Crippen LogP contribution in [0.3, 0.4) is 0 Å². The van der Waals surface area contributed by atoms with Gasteiger partial charge in [-0.2, -0.15) is 8.42 Å². The van der Waals surface area contributed by atoms with E-state index in [9.17, 15) is 18.0 Å². The zero-order chi connectivity index (χ0) is 19.1. The number of sulfonamides is 1. The van der Waals surface area contributed by atoms with Crippen molar-refractivity contribution >= 4 is 43.6 Å². The number of hydrogen-bond acceptors (Lipinski definition) is 7. The molecule has 1 saturated heterocycles. The molecule has 1 aromatic carbocycles. The highest BCUT2D eigenvalue weighted by atomic mass is 32.2. The molecule has 0 N–H and O–H groups in total. The quantitative estimate of drug-likeness (QED) is 0.770. The number of benzene rings is 1. The van der Waals surface area contributed by atoms with Crippen LogP contribution in [0.15, 0.2) is 28.6 Å². The topological polar surface area (TPSA) is 96.9 Å². The molecule has 1 aliphatic rings. The summed E-state index contributed by atoms with van der Waals surface area (Å²) in [5, 5.41) is 0. The maximum Gasteiger partial charge on any atom is 0.410 e. The summed E-state index contributed by atoms with van der Waals surface area (Å²) in [6, 6.07) is 7.05. The molecule has 10 heteroatoms. The van der Waals surface area contributed by atoms with Gasteiger partial charge in [-0.25, -0.2) is 14.1 Å². The van der Waals surface area contributed by atoms with Crippen molar-refractivity contribution in [2.45, 2.75) is 30.7 Å². The number of nitrogens with zero attached hydrogens (tertiary/aromatic N) is 3. The average molecular weight is 397 g/mol. The number of para-hydroxylation sites is 1. The fourth-order valence-electron chi connectivity index (χ4n) is 2.45. The van der Waals surface area contributed by atoms with E-state index in [0.29, 0.717) is 5.52 Å². The molecule has 0 aliphatic carbocycles. The van der Waals surface area contributed by atoms with Gasteiger partial charge in [0.15, 0.2) is 0 Å². The van der Waals surface area contributed by atoms with Crippen LogP contribution in [-0.2, 0) is 19.6 Å². The molecule has 3 rings (SSSR count). The van der Waals surface area contributed by atoms with E-state index < -0.39 is 27.6 Å². The Morgan fingerprint density at radius 3 is 2.54 bits per heavy atom. The monoisotopic (exact) mass is 397 g/mol. The summed E-state index contributed by atoms with van der Waals surface area (Å²) in [4.78, 5) is 29.8. The van der Waals surface area contributed by atoms with Crippen molar-refractivity contribution in [2.24, 2.45) is 0 Å². The second kappa shape index (κ2) is 6.51. The maximum absolute atomic E-state index is 12.8. The van der Waals surface area contributed by atoms with Gasteiger partial charge in [0.05, 0.1) is 16.8 Å². The molecule has 8 nitrogen and oxygen atoms in total. The van der Waals surface area contributed by atoms with Crippen molar-refractivity contribution in [1.82, 2.24) is 14.2 Å². The Hall–Kier alpha value is -2.20. The average Bonchev–Trinajstić information content (AvgIpc) is 2.97. The molecule has 1 aliphatic heterocycles. The van der Waals surface area contributed by atoms with Gasteiger partial charge in [-0.05, 0) is 32.9 Å². The number of aromatic nitrogens is 1. The van der Waals surface area contributed by atoms with Gasteiger partial charge in [0.1, 0.15) is 12.1 Å². The van der Waals surface area contributed by atoms with E-state index in [0.717, 1.165) is 20.3 Å². The van der Waals surface area contributed by atoms with Crippen LogP contribution in [0.2, 0.25) is 0 Å². The summed E-state index contributed by atoms with van der Waals surface area (Å²) in [5.41, 5.74) is -0.124. The van der Waals surface area contributed by atoms with Crippen molar-refractivity contribution in [3.8, 4) is 0 Å². The minimum atomic E-state index is -4.04. The summed E-state index contributed by atoms with van der Waals surface area (Å²) >= 11 is 1.02. The summed E-state index contributed by atoms with van der Waals surface area (Å²) in [5.74, 6) is -0.679. The molecule has 2 amide bonds. The summed E-state index contributed by atoms with van der Waals surface area (Å²) in [6.07, 6.45) is -0.636. The zero-order valence-electron chi connectivity index (χ0n) is 14.6. The molecule has 140 valence electrons.